The van der Waals surface area contributed by atoms with E-state index in [1.807, 2.05) is 32.0 Å². The van der Waals surface area contributed by atoms with Crippen LogP contribution < -0.4 is 15.6 Å². The van der Waals surface area contributed by atoms with Gasteiger partial charge in [0.15, 0.2) is 5.69 Å². The Bertz CT molecular complexity index is 1310. The van der Waals surface area contributed by atoms with Crippen LogP contribution in [0.1, 0.15) is 11.1 Å². The van der Waals surface area contributed by atoms with Crippen molar-refractivity contribution in [3.05, 3.63) is 63.9 Å². The van der Waals surface area contributed by atoms with Gasteiger partial charge < -0.3 is 10.1 Å². The second kappa shape index (κ2) is 8.60. The van der Waals surface area contributed by atoms with E-state index in [0.29, 0.717) is 16.5 Å². The molecule has 2 N–H and O–H groups in total. The maximum Gasteiger partial charge on any atom is 0.279 e. The van der Waals surface area contributed by atoms with E-state index in [2.05, 4.69) is 25.6 Å². The number of hydrogen-bond acceptors (Lipinski definition) is 7. The van der Waals surface area contributed by atoms with Gasteiger partial charge in [0, 0.05) is 11.3 Å². The Labute approximate surface area is 181 Å². The molecule has 0 unspecified atom stereocenters. The van der Waals surface area contributed by atoms with E-state index in [0.717, 1.165) is 16.8 Å². The van der Waals surface area contributed by atoms with Gasteiger partial charge in [-0.2, -0.15) is 9.61 Å². The molecule has 4 aromatic rings. The van der Waals surface area contributed by atoms with Crippen LogP contribution >= 0.6 is 11.8 Å². The van der Waals surface area contributed by atoms with Crippen molar-refractivity contribution in [1.29, 1.82) is 0 Å². The number of fused-ring (bicyclic) bond motifs is 1. The highest BCUT2D eigenvalue weighted by Crippen LogP contribution is 2.21. The molecular formula is C21H20N6O3S. The molecule has 0 atom stereocenters. The van der Waals surface area contributed by atoms with Gasteiger partial charge >= 0.3 is 0 Å². The Morgan fingerprint density at radius 1 is 1.16 bits per heavy atom. The van der Waals surface area contributed by atoms with E-state index >= 15 is 0 Å². The molecular weight excluding hydrogens is 416 g/mol. The first-order valence-electron chi connectivity index (χ1n) is 9.44. The molecule has 0 spiro atoms. The Kier molecular flexibility index (Phi) is 5.72. The zero-order chi connectivity index (χ0) is 22.0. The number of H-pyrrole nitrogens is 1. The molecule has 9 nitrogen and oxygen atoms in total. The highest BCUT2D eigenvalue weighted by molar-refractivity contribution is 7.99. The molecule has 0 bridgehead atoms. The minimum Gasteiger partial charge on any atom is -0.497 e. The third-order valence-electron chi connectivity index (χ3n) is 4.62. The van der Waals surface area contributed by atoms with Crippen molar-refractivity contribution in [2.75, 3.05) is 18.2 Å². The molecule has 158 valence electrons. The van der Waals surface area contributed by atoms with Crippen molar-refractivity contribution >= 4 is 29.1 Å². The van der Waals surface area contributed by atoms with Crippen LogP contribution in [-0.4, -0.2) is 43.6 Å². The lowest BCUT2D eigenvalue weighted by atomic mass is 10.1. The van der Waals surface area contributed by atoms with Gasteiger partial charge in [0.2, 0.25) is 11.1 Å². The summed E-state index contributed by atoms with van der Waals surface area (Å²) >= 11 is 1.18. The summed E-state index contributed by atoms with van der Waals surface area (Å²) in [5.74, 6) is 0.832. The number of amides is 1. The van der Waals surface area contributed by atoms with Crippen LogP contribution in [0.2, 0.25) is 0 Å². The number of nitrogens with zero attached hydrogens (tertiary/aromatic N) is 4. The summed E-state index contributed by atoms with van der Waals surface area (Å²) in [4.78, 5) is 27.5. The molecule has 1 amide bonds. The van der Waals surface area contributed by atoms with E-state index in [1.54, 1.807) is 31.4 Å². The first-order chi connectivity index (χ1) is 14.9. The van der Waals surface area contributed by atoms with E-state index in [1.165, 1.54) is 16.3 Å². The highest BCUT2D eigenvalue weighted by atomic mass is 32.2. The summed E-state index contributed by atoms with van der Waals surface area (Å²) in [6, 6.07) is 12.9. The van der Waals surface area contributed by atoms with Crippen molar-refractivity contribution in [3.63, 3.8) is 0 Å². The van der Waals surface area contributed by atoms with E-state index in [4.69, 9.17) is 4.74 Å². The van der Waals surface area contributed by atoms with Crippen LogP contribution in [0.5, 0.6) is 5.75 Å². The van der Waals surface area contributed by atoms with Crippen LogP contribution in [0.25, 0.3) is 17.0 Å². The summed E-state index contributed by atoms with van der Waals surface area (Å²) in [6.45, 7) is 3.91. The van der Waals surface area contributed by atoms with Crippen molar-refractivity contribution < 1.29 is 9.53 Å². The number of benzene rings is 2. The fourth-order valence-corrected chi connectivity index (χ4v) is 3.63. The Hall–Kier alpha value is -3.66. The number of nitrogens with one attached hydrogen (secondary N) is 2. The van der Waals surface area contributed by atoms with Crippen molar-refractivity contribution in [2.24, 2.45) is 0 Å². The predicted molar refractivity (Wildman–Crippen MR) is 119 cm³/mol. The van der Waals surface area contributed by atoms with Crippen LogP contribution in [0, 0.1) is 13.8 Å². The molecule has 31 heavy (non-hydrogen) atoms. The molecule has 2 heterocycles. The third kappa shape index (κ3) is 4.43. The number of aryl methyl sites for hydroxylation is 2. The SMILES string of the molecule is COc1ccc(-c2nn3c(SCC(=O)Nc4cc(C)ccc4C)nnc3[nH]c2=O)cc1. The molecule has 2 aromatic heterocycles. The molecule has 0 aliphatic carbocycles. The standard InChI is InChI=1S/C21H20N6O3S/c1-12-4-5-13(2)16(10-12)22-17(28)11-31-21-25-24-20-23-19(29)18(26-27(20)21)14-6-8-15(30-3)9-7-14/h4-10H,11H2,1-3H3,(H,22,28)(H,23,24,29). The largest absolute Gasteiger partial charge is 0.497 e. The molecule has 0 fully saturated rings. The van der Waals surface area contributed by atoms with Gasteiger partial charge in [0.1, 0.15) is 5.75 Å². The van der Waals surface area contributed by atoms with E-state index in [-0.39, 0.29) is 28.7 Å². The fraction of sp³-hybridized carbons (Fsp3) is 0.190. The number of methoxy groups -OCH3 is 1. The minimum atomic E-state index is -0.380. The van der Waals surface area contributed by atoms with E-state index < -0.39 is 0 Å². The van der Waals surface area contributed by atoms with Crippen molar-refractivity contribution in [1.82, 2.24) is 24.8 Å². The zero-order valence-electron chi connectivity index (χ0n) is 17.2. The smallest absolute Gasteiger partial charge is 0.279 e. The number of carbonyl (C=O) groups excluding carboxylic acids is 1. The first kappa shape index (κ1) is 20.6. The van der Waals surface area contributed by atoms with Gasteiger partial charge in [-0.25, -0.2) is 0 Å². The van der Waals surface area contributed by atoms with Crippen LogP contribution in [0.4, 0.5) is 5.69 Å². The average Bonchev–Trinajstić information content (AvgIpc) is 3.16. The van der Waals surface area contributed by atoms with Crippen LogP contribution in [0.3, 0.4) is 0 Å². The Balaban J connectivity index is 1.54. The molecule has 2 aromatic carbocycles. The van der Waals surface area contributed by atoms with Crippen LogP contribution in [0.15, 0.2) is 52.4 Å². The lowest BCUT2D eigenvalue weighted by Crippen LogP contribution is -2.17. The number of rotatable bonds is 6. The number of ether oxygens (including phenoxy) is 1. The normalized spacial score (nSPS) is 10.9. The summed E-state index contributed by atoms with van der Waals surface area (Å²) in [5, 5.41) is 15.7. The molecule has 0 radical (unpaired) electrons. The van der Waals surface area contributed by atoms with Gasteiger partial charge in [0.25, 0.3) is 11.3 Å². The lowest BCUT2D eigenvalue weighted by Gasteiger charge is -2.09. The number of thioether (sulfide) groups is 1. The van der Waals surface area contributed by atoms with Gasteiger partial charge in [-0.15, -0.1) is 10.2 Å². The lowest BCUT2D eigenvalue weighted by molar-refractivity contribution is -0.113. The maximum absolute atomic E-state index is 12.4. The number of aromatic nitrogens is 5. The topological polar surface area (TPSA) is 114 Å². The van der Waals surface area contributed by atoms with Gasteiger partial charge in [-0.1, -0.05) is 23.9 Å². The summed E-state index contributed by atoms with van der Waals surface area (Å²) in [5.41, 5.74) is 3.30. The number of hydrogen-bond donors (Lipinski definition) is 2. The Morgan fingerprint density at radius 2 is 1.94 bits per heavy atom. The predicted octanol–water partition coefficient (Wildman–Crippen LogP) is 2.84. The quantitative estimate of drug-likeness (QED) is 0.447. The molecule has 10 heteroatoms. The third-order valence-corrected chi connectivity index (χ3v) is 5.53. The van der Waals surface area contributed by atoms with Crippen LogP contribution in [-0.2, 0) is 4.79 Å². The fourth-order valence-electron chi connectivity index (χ4n) is 2.95. The van der Waals surface area contributed by atoms with Gasteiger partial charge in [0.05, 0.1) is 12.9 Å². The number of carbonyl (C=O) groups is 1. The van der Waals surface area contributed by atoms with Gasteiger partial charge in [-0.05, 0) is 55.3 Å². The Morgan fingerprint density at radius 3 is 2.68 bits per heavy atom. The molecule has 0 aliphatic rings. The number of aromatic amines is 1. The molecule has 0 aliphatic heterocycles. The van der Waals surface area contributed by atoms with Gasteiger partial charge in [-0.3, -0.25) is 14.6 Å². The van der Waals surface area contributed by atoms with Crippen molar-refractivity contribution in [2.45, 2.75) is 19.0 Å². The minimum absolute atomic E-state index is 0.118. The monoisotopic (exact) mass is 436 g/mol. The molecule has 0 saturated carbocycles. The summed E-state index contributed by atoms with van der Waals surface area (Å²) in [7, 11) is 1.57. The summed E-state index contributed by atoms with van der Waals surface area (Å²) in [6.07, 6.45) is 0. The highest BCUT2D eigenvalue weighted by Gasteiger charge is 2.15. The van der Waals surface area contributed by atoms with E-state index in [9.17, 15) is 9.59 Å². The summed E-state index contributed by atoms with van der Waals surface area (Å²) < 4.78 is 6.58. The number of anilines is 1. The molecule has 4 rings (SSSR count). The first-order valence-corrected chi connectivity index (χ1v) is 10.4. The molecule has 0 saturated heterocycles. The zero-order valence-corrected chi connectivity index (χ0v) is 18.0. The van der Waals surface area contributed by atoms with Crippen molar-refractivity contribution in [3.8, 4) is 17.0 Å². The second-order valence-corrected chi connectivity index (χ2v) is 7.85. The average molecular weight is 436 g/mol. The second-order valence-electron chi connectivity index (χ2n) is 6.90. The maximum atomic E-state index is 12.4.